The first-order valence-electron chi connectivity index (χ1n) is 7.05. The first-order valence-corrected chi connectivity index (χ1v) is 7.87. The summed E-state index contributed by atoms with van der Waals surface area (Å²) in [5.74, 6) is 0.498. The lowest BCUT2D eigenvalue weighted by Gasteiger charge is -2.13. The second-order valence-corrected chi connectivity index (χ2v) is 6.50. The second-order valence-electron chi connectivity index (χ2n) is 5.18. The molecule has 0 radical (unpaired) electrons. The molecular formula is C17H20N2O2S. The third-order valence-electron chi connectivity index (χ3n) is 3.36. The Labute approximate surface area is 134 Å². The monoisotopic (exact) mass is 316 g/mol. The van der Waals surface area contributed by atoms with Crippen LogP contribution in [0.2, 0.25) is 0 Å². The molecule has 0 fully saturated rings. The highest BCUT2D eigenvalue weighted by molar-refractivity contribution is 7.13. The van der Waals surface area contributed by atoms with E-state index in [1.54, 1.807) is 17.6 Å². The average molecular weight is 316 g/mol. The van der Waals surface area contributed by atoms with Crippen molar-refractivity contribution in [3.05, 3.63) is 50.7 Å². The predicted molar refractivity (Wildman–Crippen MR) is 90.9 cm³/mol. The van der Waals surface area contributed by atoms with E-state index >= 15 is 0 Å². The highest BCUT2D eigenvalue weighted by Gasteiger charge is 2.08. The third-order valence-corrected chi connectivity index (χ3v) is 4.30. The Bertz CT molecular complexity index is 705. The van der Waals surface area contributed by atoms with Gasteiger partial charge in [-0.2, -0.15) is 5.10 Å². The molecule has 116 valence electrons. The molecule has 1 aromatic heterocycles. The number of aryl methyl sites for hydroxylation is 3. The van der Waals surface area contributed by atoms with E-state index < -0.39 is 0 Å². The Balaban J connectivity index is 1.88. The summed E-state index contributed by atoms with van der Waals surface area (Å²) in [5, 5.41) is 3.94. The standard InChI is InChI=1S/C17H20N2O2S/c1-11-5-6-12(2)17(14(11)4)21-10-16(20)19-18-9-15-8-7-13(3)22-15/h5-9H,10H2,1-4H3,(H,19,20)/b18-9+. The number of amides is 1. The molecule has 1 N–H and O–H groups in total. The number of carbonyl (C=O) groups excluding carboxylic acids is 1. The first-order chi connectivity index (χ1) is 10.5. The molecule has 0 aliphatic carbocycles. The Hall–Kier alpha value is -2.14. The third kappa shape index (κ3) is 4.18. The number of thiophene rings is 1. The maximum Gasteiger partial charge on any atom is 0.277 e. The van der Waals surface area contributed by atoms with Crippen LogP contribution in [0.4, 0.5) is 0 Å². The summed E-state index contributed by atoms with van der Waals surface area (Å²) in [6.45, 7) is 7.96. The van der Waals surface area contributed by atoms with E-state index in [4.69, 9.17) is 4.74 Å². The molecule has 5 heteroatoms. The van der Waals surface area contributed by atoms with Gasteiger partial charge in [-0.3, -0.25) is 4.79 Å². The van der Waals surface area contributed by atoms with Crippen LogP contribution >= 0.6 is 11.3 Å². The van der Waals surface area contributed by atoms with Crippen LogP contribution in [0.25, 0.3) is 0 Å². The number of hydrazone groups is 1. The van der Waals surface area contributed by atoms with Gasteiger partial charge < -0.3 is 4.74 Å². The van der Waals surface area contributed by atoms with Crippen molar-refractivity contribution in [2.45, 2.75) is 27.7 Å². The number of carbonyl (C=O) groups is 1. The lowest BCUT2D eigenvalue weighted by atomic mass is 10.1. The number of rotatable bonds is 5. The van der Waals surface area contributed by atoms with Gasteiger partial charge in [0.2, 0.25) is 0 Å². The van der Waals surface area contributed by atoms with E-state index in [0.29, 0.717) is 0 Å². The minimum atomic E-state index is -0.273. The van der Waals surface area contributed by atoms with Crippen molar-refractivity contribution < 1.29 is 9.53 Å². The van der Waals surface area contributed by atoms with Gasteiger partial charge in [-0.1, -0.05) is 12.1 Å². The topological polar surface area (TPSA) is 50.7 Å². The van der Waals surface area contributed by atoms with Crippen molar-refractivity contribution >= 4 is 23.5 Å². The zero-order chi connectivity index (χ0) is 16.1. The van der Waals surface area contributed by atoms with E-state index in [1.807, 2.05) is 52.0 Å². The quantitative estimate of drug-likeness (QED) is 0.678. The fourth-order valence-corrected chi connectivity index (χ4v) is 2.76. The number of hydrogen-bond donors (Lipinski definition) is 1. The number of hydrogen-bond acceptors (Lipinski definition) is 4. The number of nitrogens with one attached hydrogen (secondary N) is 1. The van der Waals surface area contributed by atoms with Gasteiger partial charge in [0.1, 0.15) is 5.75 Å². The molecule has 0 saturated carbocycles. The Morgan fingerprint density at radius 1 is 1.18 bits per heavy atom. The zero-order valence-electron chi connectivity index (χ0n) is 13.3. The van der Waals surface area contributed by atoms with Crippen LogP contribution in [0.1, 0.15) is 26.4 Å². The van der Waals surface area contributed by atoms with Crippen LogP contribution in [-0.4, -0.2) is 18.7 Å². The normalized spacial score (nSPS) is 10.9. The van der Waals surface area contributed by atoms with Crippen LogP contribution in [-0.2, 0) is 4.79 Å². The molecule has 0 spiro atoms. The maximum atomic E-state index is 11.8. The van der Waals surface area contributed by atoms with Gasteiger partial charge in [0.25, 0.3) is 5.91 Å². The van der Waals surface area contributed by atoms with Crippen molar-refractivity contribution in [3.63, 3.8) is 0 Å². The highest BCUT2D eigenvalue weighted by atomic mass is 32.1. The molecule has 2 aromatic rings. The average Bonchev–Trinajstić information content (AvgIpc) is 2.89. The van der Waals surface area contributed by atoms with Crippen molar-refractivity contribution in [1.82, 2.24) is 5.43 Å². The van der Waals surface area contributed by atoms with E-state index in [0.717, 1.165) is 27.3 Å². The van der Waals surface area contributed by atoms with Gasteiger partial charge in [0, 0.05) is 9.75 Å². The SMILES string of the molecule is Cc1ccc(/C=N/NC(=O)COc2c(C)ccc(C)c2C)s1. The summed E-state index contributed by atoms with van der Waals surface area (Å²) in [6, 6.07) is 8.02. The first kappa shape index (κ1) is 16.2. The molecule has 4 nitrogen and oxygen atoms in total. The smallest absolute Gasteiger partial charge is 0.277 e. The molecular weight excluding hydrogens is 296 g/mol. The summed E-state index contributed by atoms with van der Waals surface area (Å²) in [7, 11) is 0. The van der Waals surface area contributed by atoms with E-state index in [1.165, 1.54) is 4.88 Å². The molecule has 1 heterocycles. The second kappa shape index (κ2) is 7.22. The largest absolute Gasteiger partial charge is 0.483 e. The Morgan fingerprint density at radius 2 is 1.91 bits per heavy atom. The van der Waals surface area contributed by atoms with E-state index in [2.05, 4.69) is 10.5 Å². The van der Waals surface area contributed by atoms with Gasteiger partial charge in [-0.05, 0) is 56.5 Å². The fourth-order valence-electron chi connectivity index (χ4n) is 2.01. The van der Waals surface area contributed by atoms with Crippen molar-refractivity contribution in [2.75, 3.05) is 6.61 Å². The van der Waals surface area contributed by atoms with Gasteiger partial charge in [-0.25, -0.2) is 5.43 Å². The lowest BCUT2D eigenvalue weighted by Crippen LogP contribution is -2.25. The molecule has 1 aromatic carbocycles. The van der Waals surface area contributed by atoms with E-state index in [9.17, 15) is 4.79 Å². The van der Waals surface area contributed by atoms with Crippen LogP contribution < -0.4 is 10.2 Å². The predicted octanol–water partition coefficient (Wildman–Crippen LogP) is 3.51. The molecule has 0 saturated heterocycles. The van der Waals surface area contributed by atoms with Gasteiger partial charge in [0.15, 0.2) is 6.61 Å². The van der Waals surface area contributed by atoms with Gasteiger partial charge >= 0.3 is 0 Å². The number of nitrogens with zero attached hydrogens (tertiary/aromatic N) is 1. The zero-order valence-corrected chi connectivity index (χ0v) is 14.1. The van der Waals surface area contributed by atoms with Crippen LogP contribution in [0, 0.1) is 27.7 Å². The van der Waals surface area contributed by atoms with Gasteiger partial charge in [0.05, 0.1) is 6.21 Å². The van der Waals surface area contributed by atoms with Crippen LogP contribution in [0.15, 0.2) is 29.4 Å². The summed E-state index contributed by atoms with van der Waals surface area (Å²) in [5.41, 5.74) is 5.70. The van der Waals surface area contributed by atoms with Crippen LogP contribution in [0.5, 0.6) is 5.75 Å². The molecule has 0 atom stereocenters. The number of benzene rings is 1. The molecule has 0 aliphatic rings. The summed E-state index contributed by atoms with van der Waals surface area (Å²) < 4.78 is 5.63. The molecule has 0 bridgehead atoms. The molecule has 1 amide bonds. The van der Waals surface area contributed by atoms with Gasteiger partial charge in [-0.15, -0.1) is 11.3 Å². The molecule has 22 heavy (non-hydrogen) atoms. The number of ether oxygens (including phenoxy) is 1. The minimum absolute atomic E-state index is 0.0497. The summed E-state index contributed by atoms with van der Waals surface area (Å²) >= 11 is 1.62. The molecule has 0 aliphatic heterocycles. The fraction of sp³-hybridized carbons (Fsp3) is 0.294. The lowest BCUT2D eigenvalue weighted by molar-refractivity contribution is -0.123. The maximum absolute atomic E-state index is 11.8. The highest BCUT2D eigenvalue weighted by Crippen LogP contribution is 2.25. The molecule has 2 rings (SSSR count). The summed E-state index contributed by atoms with van der Waals surface area (Å²) in [4.78, 5) is 14.0. The van der Waals surface area contributed by atoms with Crippen molar-refractivity contribution in [1.29, 1.82) is 0 Å². The van der Waals surface area contributed by atoms with E-state index in [-0.39, 0.29) is 12.5 Å². The Kier molecular flexibility index (Phi) is 5.33. The van der Waals surface area contributed by atoms with Crippen LogP contribution in [0.3, 0.4) is 0 Å². The summed E-state index contributed by atoms with van der Waals surface area (Å²) in [6.07, 6.45) is 1.64. The van der Waals surface area contributed by atoms with Crippen molar-refractivity contribution in [3.8, 4) is 5.75 Å². The molecule has 0 unspecified atom stereocenters. The van der Waals surface area contributed by atoms with Crippen molar-refractivity contribution in [2.24, 2.45) is 5.10 Å². The minimum Gasteiger partial charge on any atom is -0.483 e. The Morgan fingerprint density at radius 3 is 2.59 bits per heavy atom.